The van der Waals surface area contributed by atoms with Crippen molar-refractivity contribution in [2.24, 2.45) is 13.0 Å². The van der Waals surface area contributed by atoms with Crippen LogP contribution in [0.4, 0.5) is 5.69 Å². The van der Waals surface area contributed by atoms with Crippen LogP contribution in [0.2, 0.25) is 0 Å². The normalized spacial score (nSPS) is 18.8. The minimum atomic E-state index is -0.822. The maximum Gasteiger partial charge on any atom is 0.310 e. The number of ether oxygens (including phenoxy) is 1. The van der Waals surface area contributed by atoms with Crippen molar-refractivity contribution in [3.63, 3.8) is 0 Å². The summed E-state index contributed by atoms with van der Waals surface area (Å²) in [5.74, 6) is -0.771. The third-order valence-corrected chi connectivity index (χ3v) is 4.02. The summed E-state index contributed by atoms with van der Waals surface area (Å²) >= 11 is 0. The van der Waals surface area contributed by atoms with Crippen LogP contribution in [0.3, 0.4) is 0 Å². The molecule has 0 saturated carbocycles. The lowest BCUT2D eigenvalue weighted by molar-refractivity contribution is -0.157. The van der Waals surface area contributed by atoms with Gasteiger partial charge in [0.25, 0.3) is 5.91 Å². The van der Waals surface area contributed by atoms with Gasteiger partial charge in [-0.3, -0.25) is 14.3 Å². The highest BCUT2D eigenvalue weighted by Gasteiger charge is 2.25. The molecule has 0 radical (unpaired) electrons. The molecule has 0 bridgehead atoms. The maximum absolute atomic E-state index is 12.2. The number of esters is 1. The van der Waals surface area contributed by atoms with Gasteiger partial charge < -0.3 is 10.1 Å². The first-order valence-electron chi connectivity index (χ1n) is 7.56. The van der Waals surface area contributed by atoms with Crippen LogP contribution in [0, 0.1) is 19.8 Å². The molecule has 1 aromatic rings. The Labute approximate surface area is 130 Å². The topological polar surface area (TPSA) is 73.2 Å². The maximum atomic E-state index is 12.2. The molecule has 120 valence electrons. The Hall–Kier alpha value is -2.11. The van der Waals surface area contributed by atoms with Gasteiger partial charge in [-0.15, -0.1) is 0 Å². The van der Waals surface area contributed by atoms with E-state index >= 15 is 0 Å². The van der Waals surface area contributed by atoms with Gasteiger partial charge in [-0.05, 0) is 40.0 Å². The van der Waals surface area contributed by atoms with E-state index in [1.807, 2.05) is 27.0 Å². The molecule has 0 aliphatic heterocycles. The van der Waals surface area contributed by atoms with Gasteiger partial charge in [-0.25, -0.2) is 0 Å². The Balaban J connectivity index is 1.94. The fourth-order valence-electron chi connectivity index (χ4n) is 2.51. The van der Waals surface area contributed by atoms with Crippen molar-refractivity contribution in [2.45, 2.75) is 46.1 Å². The van der Waals surface area contributed by atoms with Crippen LogP contribution in [-0.2, 0) is 21.4 Å². The second-order valence-corrected chi connectivity index (χ2v) is 5.72. The number of nitrogens with zero attached hydrogens (tertiary/aromatic N) is 2. The van der Waals surface area contributed by atoms with Crippen LogP contribution in [-0.4, -0.2) is 27.8 Å². The molecule has 1 aliphatic carbocycles. The summed E-state index contributed by atoms with van der Waals surface area (Å²) in [4.78, 5) is 24.3. The van der Waals surface area contributed by atoms with E-state index in [9.17, 15) is 9.59 Å². The van der Waals surface area contributed by atoms with Gasteiger partial charge in [0, 0.05) is 7.05 Å². The molecule has 6 nitrogen and oxygen atoms in total. The number of aryl methyl sites for hydroxylation is 2. The lowest BCUT2D eigenvalue weighted by Crippen LogP contribution is -2.32. The standard InChI is InChI=1S/C16H23N3O3/c1-10-14(11(2)19(4)18-10)17-15(20)12(3)22-16(21)13-8-6-5-7-9-13/h5-6,12-13H,7-9H2,1-4H3,(H,17,20)/t12-,13+/m1/s1. The second kappa shape index (κ2) is 6.77. The average molecular weight is 305 g/mol. The van der Waals surface area contributed by atoms with Crippen molar-refractivity contribution in [1.29, 1.82) is 0 Å². The van der Waals surface area contributed by atoms with E-state index in [0.29, 0.717) is 12.1 Å². The number of aromatic nitrogens is 2. The van der Waals surface area contributed by atoms with E-state index in [1.54, 1.807) is 11.6 Å². The first-order chi connectivity index (χ1) is 10.4. The summed E-state index contributed by atoms with van der Waals surface area (Å²) in [5.41, 5.74) is 2.28. The van der Waals surface area contributed by atoms with Gasteiger partial charge in [0.15, 0.2) is 6.10 Å². The quantitative estimate of drug-likeness (QED) is 0.684. The van der Waals surface area contributed by atoms with E-state index in [0.717, 1.165) is 24.2 Å². The predicted octanol–water partition coefficient (Wildman–Crippen LogP) is 2.26. The average Bonchev–Trinajstić information content (AvgIpc) is 2.74. The first-order valence-corrected chi connectivity index (χ1v) is 7.56. The van der Waals surface area contributed by atoms with E-state index in [2.05, 4.69) is 16.5 Å². The van der Waals surface area contributed by atoms with Crippen molar-refractivity contribution in [3.05, 3.63) is 23.5 Å². The highest BCUT2D eigenvalue weighted by Crippen LogP contribution is 2.21. The highest BCUT2D eigenvalue weighted by molar-refractivity contribution is 5.96. The molecule has 0 fully saturated rings. The first kappa shape index (κ1) is 16.3. The Morgan fingerprint density at radius 2 is 2.14 bits per heavy atom. The molecule has 0 spiro atoms. The zero-order valence-electron chi connectivity index (χ0n) is 13.5. The number of hydrogen-bond donors (Lipinski definition) is 1. The zero-order chi connectivity index (χ0) is 16.3. The minimum Gasteiger partial charge on any atom is -0.452 e. The summed E-state index contributed by atoms with van der Waals surface area (Å²) in [6.45, 7) is 5.29. The Bertz CT molecular complexity index is 604. The Kier molecular flexibility index (Phi) is 5.00. The number of amides is 1. The van der Waals surface area contributed by atoms with Crippen LogP contribution < -0.4 is 5.32 Å². The fourth-order valence-corrected chi connectivity index (χ4v) is 2.51. The van der Waals surface area contributed by atoms with Gasteiger partial charge in [-0.2, -0.15) is 5.10 Å². The number of carbonyl (C=O) groups excluding carboxylic acids is 2. The Morgan fingerprint density at radius 1 is 1.41 bits per heavy atom. The highest BCUT2D eigenvalue weighted by atomic mass is 16.5. The molecule has 1 heterocycles. The lowest BCUT2D eigenvalue weighted by Gasteiger charge is -2.19. The van der Waals surface area contributed by atoms with Crippen molar-refractivity contribution in [2.75, 3.05) is 5.32 Å². The predicted molar refractivity (Wildman–Crippen MR) is 83.3 cm³/mol. The smallest absolute Gasteiger partial charge is 0.310 e. The van der Waals surface area contributed by atoms with Crippen LogP contribution >= 0.6 is 0 Å². The molecule has 2 atom stereocenters. The summed E-state index contributed by atoms with van der Waals surface area (Å²) in [5, 5.41) is 7.04. The fraction of sp³-hybridized carbons (Fsp3) is 0.562. The monoisotopic (exact) mass is 305 g/mol. The van der Waals surface area contributed by atoms with Crippen LogP contribution in [0.25, 0.3) is 0 Å². The summed E-state index contributed by atoms with van der Waals surface area (Å²) < 4.78 is 7.00. The largest absolute Gasteiger partial charge is 0.452 e. The van der Waals surface area contributed by atoms with Crippen molar-refractivity contribution in [3.8, 4) is 0 Å². The molecule has 2 rings (SSSR count). The molecule has 22 heavy (non-hydrogen) atoms. The lowest BCUT2D eigenvalue weighted by atomic mass is 9.95. The van der Waals surface area contributed by atoms with Gasteiger partial charge in [0.2, 0.25) is 0 Å². The number of allylic oxidation sites excluding steroid dienone is 2. The van der Waals surface area contributed by atoms with Crippen LogP contribution in [0.1, 0.15) is 37.6 Å². The van der Waals surface area contributed by atoms with Gasteiger partial charge >= 0.3 is 5.97 Å². The molecule has 1 aromatic heterocycles. The third kappa shape index (κ3) is 3.55. The number of carbonyl (C=O) groups is 2. The molecule has 1 aliphatic rings. The van der Waals surface area contributed by atoms with Gasteiger partial charge in [0.1, 0.15) is 0 Å². The minimum absolute atomic E-state index is 0.137. The molecule has 1 amide bonds. The molecule has 1 N–H and O–H groups in total. The second-order valence-electron chi connectivity index (χ2n) is 5.72. The van der Waals surface area contributed by atoms with Crippen molar-refractivity contribution < 1.29 is 14.3 Å². The van der Waals surface area contributed by atoms with E-state index in [4.69, 9.17) is 4.74 Å². The summed E-state index contributed by atoms with van der Waals surface area (Å²) in [7, 11) is 1.82. The van der Waals surface area contributed by atoms with E-state index in [1.165, 1.54) is 0 Å². The molecule has 0 unspecified atom stereocenters. The van der Waals surface area contributed by atoms with Crippen LogP contribution in [0.15, 0.2) is 12.2 Å². The van der Waals surface area contributed by atoms with E-state index in [-0.39, 0.29) is 17.8 Å². The zero-order valence-corrected chi connectivity index (χ0v) is 13.5. The SMILES string of the molecule is Cc1nn(C)c(C)c1NC(=O)[C@@H](C)OC(=O)[C@H]1CC=CCC1. The number of anilines is 1. The third-order valence-electron chi connectivity index (χ3n) is 4.02. The molecule has 0 aromatic carbocycles. The van der Waals surface area contributed by atoms with Crippen molar-refractivity contribution in [1.82, 2.24) is 9.78 Å². The summed E-state index contributed by atoms with van der Waals surface area (Å²) in [6.07, 6.45) is 5.58. The van der Waals surface area contributed by atoms with Gasteiger partial charge in [-0.1, -0.05) is 12.2 Å². The van der Waals surface area contributed by atoms with Crippen molar-refractivity contribution >= 4 is 17.6 Å². The molecule has 6 heteroatoms. The Morgan fingerprint density at radius 3 is 2.68 bits per heavy atom. The molecular weight excluding hydrogens is 282 g/mol. The number of rotatable bonds is 4. The number of nitrogens with one attached hydrogen (secondary N) is 1. The molecular formula is C16H23N3O3. The molecule has 0 saturated heterocycles. The summed E-state index contributed by atoms with van der Waals surface area (Å²) in [6, 6.07) is 0. The number of hydrogen-bond acceptors (Lipinski definition) is 4. The van der Waals surface area contributed by atoms with Gasteiger partial charge in [0.05, 0.1) is 23.0 Å². The van der Waals surface area contributed by atoms with Crippen LogP contribution in [0.5, 0.6) is 0 Å². The van der Waals surface area contributed by atoms with E-state index < -0.39 is 6.10 Å².